The van der Waals surface area contributed by atoms with E-state index in [1.165, 1.54) is 65.0 Å². The van der Waals surface area contributed by atoms with Gasteiger partial charge in [0.15, 0.2) is 5.96 Å². The number of likely N-dealkylation sites (N-methyl/N-ethyl adjacent to an activating group) is 1. The molecule has 0 radical (unpaired) electrons. The molecule has 1 saturated heterocycles. The number of hydrogen-bond donors (Lipinski definition) is 2. The molecule has 6 heteroatoms. The van der Waals surface area contributed by atoms with Gasteiger partial charge < -0.3 is 20.4 Å². The van der Waals surface area contributed by atoms with Gasteiger partial charge in [0.1, 0.15) is 0 Å². The molecular formula is C21H46IN5. The Morgan fingerprint density at radius 1 is 1.04 bits per heavy atom. The molecule has 1 heterocycles. The fraction of sp³-hybridized carbons (Fsp3) is 0.952. The third kappa shape index (κ3) is 13.7. The normalized spacial score (nSPS) is 18.1. The van der Waals surface area contributed by atoms with Crippen LogP contribution in [-0.4, -0.2) is 74.2 Å². The maximum absolute atomic E-state index is 4.77. The van der Waals surface area contributed by atoms with E-state index in [-0.39, 0.29) is 24.0 Å². The van der Waals surface area contributed by atoms with Gasteiger partial charge in [-0.15, -0.1) is 24.0 Å². The average Bonchev–Trinajstić information content (AvgIpc) is 2.60. The molecular weight excluding hydrogens is 449 g/mol. The first-order chi connectivity index (χ1) is 12.3. The maximum atomic E-state index is 4.77. The van der Waals surface area contributed by atoms with Crippen molar-refractivity contribution < 1.29 is 0 Å². The van der Waals surface area contributed by atoms with Crippen LogP contribution in [-0.2, 0) is 0 Å². The second-order valence-corrected chi connectivity index (χ2v) is 8.89. The highest BCUT2D eigenvalue weighted by Crippen LogP contribution is 2.21. The van der Waals surface area contributed by atoms with Crippen LogP contribution in [0, 0.1) is 5.41 Å². The van der Waals surface area contributed by atoms with E-state index in [1.807, 2.05) is 0 Å². The molecule has 5 nitrogen and oxygen atoms in total. The van der Waals surface area contributed by atoms with Crippen molar-refractivity contribution in [1.29, 1.82) is 0 Å². The zero-order chi connectivity index (χ0) is 19.4. The minimum atomic E-state index is 0. The highest BCUT2D eigenvalue weighted by Gasteiger charge is 2.15. The van der Waals surface area contributed by atoms with Crippen molar-refractivity contribution in [3.8, 4) is 0 Å². The molecule has 27 heavy (non-hydrogen) atoms. The summed E-state index contributed by atoms with van der Waals surface area (Å²) >= 11 is 0. The molecule has 0 aliphatic carbocycles. The lowest BCUT2D eigenvalue weighted by Crippen LogP contribution is -2.46. The van der Waals surface area contributed by atoms with Crippen molar-refractivity contribution in [2.24, 2.45) is 10.4 Å². The molecule has 0 bridgehead atoms. The molecule has 0 amide bonds. The minimum Gasteiger partial charge on any atom is -0.357 e. The SMILES string of the molecule is CCNC(=NCCCCN1CCN(CC)CC1)NC(C)CCC(C)(C)C.I. The van der Waals surface area contributed by atoms with Crippen LogP contribution in [0.5, 0.6) is 0 Å². The Balaban J connectivity index is 0.00000676. The summed E-state index contributed by atoms with van der Waals surface area (Å²) in [5, 5.41) is 6.95. The summed E-state index contributed by atoms with van der Waals surface area (Å²) in [6.07, 6.45) is 4.82. The highest BCUT2D eigenvalue weighted by molar-refractivity contribution is 14.0. The first kappa shape index (κ1) is 26.9. The first-order valence-electron chi connectivity index (χ1n) is 10.8. The smallest absolute Gasteiger partial charge is 0.191 e. The Hall–Kier alpha value is -0.0800. The van der Waals surface area contributed by atoms with Gasteiger partial charge in [-0.3, -0.25) is 4.99 Å². The fourth-order valence-corrected chi connectivity index (χ4v) is 3.24. The van der Waals surface area contributed by atoms with Gasteiger partial charge in [0.05, 0.1) is 0 Å². The number of nitrogens with one attached hydrogen (secondary N) is 2. The van der Waals surface area contributed by atoms with Crippen molar-refractivity contribution in [2.45, 2.75) is 73.3 Å². The second-order valence-electron chi connectivity index (χ2n) is 8.89. The molecule has 162 valence electrons. The van der Waals surface area contributed by atoms with E-state index in [1.54, 1.807) is 0 Å². The van der Waals surface area contributed by atoms with Gasteiger partial charge in [-0.25, -0.2) is 0 Å². The third-order valence-corrected chi connectivity index (χ3v) is 5.12. The summed E-state index contributed by atoms with van der Waals surface area (Å²) in [5.74, 6) is 0.977. The van der Waals surface area contributed by atoms with E-state index < -0.39 is 0 Å². The van der Waals surface area contributed by atoms with Gasteiger partial charge in [-0.05, 0) is 58.0 Å². The number of unbranched alkanes of at least 4 members (excludes halogenated alkanes) is 1. The molecule has 0 spiro atoms. The summed E-state index contributed by atoms with van der Waals surface area (Å²) < 4.78 is 0. The lowest BCUT2D eigenvalue weighted by Gasteiger charge is -2.33. The quantitative estimate of drug-likeness (QED) is 0.210. The monoisotopic (exact) mass is 495 g/mol. The van der Waals surface area contributed by atoms with Crippen LogP contribution < -0.4 is 10.6 Å². The molecule has 1 aliphatic heterocycles. The largest absolute Gasteiger partial charge is 0.357 e. The van der Waals surface area contributed by atoms with Gasteiger partial charge in [0.25, 0.3) is 0 Å². The van der Waals surface area contributed by atoms with Gasteiger partial charge in [0.2, 0.25) is 0 Å². The summed E-state index contributed by atoms with van der Waals surface area (Å²) in [7, 11) is 0. The summed E-state index contributed by atoms with van der Waals surface area (Å²) in [4.78, 5) is 9.92. The van der Waals surface area contributed by atoms with E-state index in [0.29, 0.717) is 11.5 Å². The molecule has 0 saturated carbocycles. The topological polar surface area (TPSA) is 42.9 Å². The van der Waals surface area contributed by atoms with E-state index >= 15 is 0 Å². The van der Waals surface area contributed by atoms with E-state index in [9.17, 15) is 0 Å². The predicted octanol–water partition coefficient (Wildman–Crippen LogP) is 3.79. The van der Waals surface area contributed by atoms with Crippen LogP contribution in [0.15, 0.2) is 4.99 Å². The van der Waals surface area contributed by atoms with Crippen LogP contribution in [0.3, 0.4) is 0 Å². The minimum absolute atomic E-state index is 0. The number of halogens is 1. The van der Waals surface area contributed by atoms with Crippen LogP contribution in [0.2, 0.25) is 0 Å². The molecule has 2 N–H and O–H groups in total. The van der Waals surface area contributed by atoms with Crippen LogP contribution in [0.1, 0.15) is 67.2 Å². The number of nitrogens with zero attached hydrogens (tertiary/aromatic N) is 3. The molecule has 0 aromatic rings. The van der Waals surface area contributed by atoms with E-state index in [4.69, 9.17) is 4.99 Å². The van der Waals surface area contributed by atoms with Crippen molar-refractivity contribution in [3.63, 3.8) is 0 Å². The van der Waals surface area contributed by atoms with Crippen LogP contribution in [0.25, 0.3) is 0 Å². The van der Waals surface area contributed by atoms with Gasteiger partial charge in [-0.1, -0.05) is 27.7 Å². The lowest BCUT2D eigenvalue weighted by molar-refractivity contribution is 0.136. The molecule has 1 atom stereocenters. The maximum Gasteiger partial charge on any atom is 0.191 e. The zero-order valence-electron chi connectivity index (χ0n) is 18.8. The Labute approximate surface area is 186 Å². The Kier molecular flexibility index (Phi) is 14.8. The van der Waals surface area contributed by atoms with E-state index in [2.05, 4.69) is 62.0 Å². The Bertz CT molecular complexity index is 387. The van der Waals surface area contributed by atoms with Crippen molar-refractivity contribution in [2.75, 3.05) is 52.4 Å². The lowest BCUT2D eigenvalue weighted by atomic mass is 9.89. The standard InChI is InChI=1S/C21H45N5.HI/c1-7-22-20(24-19(3)11-12-21(4,5)6)23-13-9-10-14-26-17-15-25(8-2)16-18-26;/h19H,7-18H2,1-6H3,(H2,22,23,24);1H. The summed E-state index contributed by atoms with van der Waals surface area (Å²) in [6, 6.07) is 0.460. The van der Waals surface area contributed by atoms with Gasteiger partial charge >= 0.3 is 0 Å². The molecule has 0 aromatic carbocycles. The summed E-state index contributed by atoms with van der Waals surface area (Å²) in [6.45, 7) is 22.7. The van der Waals surface area contributed by atoms with Crippen LogP contribution >= 0.6 is 24.0 Å². The molecule has 1 aliphatic rings. The molecule has 1 unspecified atom stereocenters. The summed E-state index contributed by atoms with van der Waals surface area (Å²) in [5.41, 5.74) is 0.397. The number of guanidine groups is 1. The van der Waals surface area contributed by atoms with Crippen molar-refractivity contribution in [3.05, 3.63) is 0 Å². The number of aliphatic imine (C=N–C) groups is 1. The van der Waals surface area contributed by atoms with Crippen molar-refractivity contribution >= 4 is 29.9 Å². The number of piperazine rings is 1. The number of hydrogen-bond acceptors (Lipinski definition) is 3. The van der Waals surface area contributed by atoms with Gasteiger partial charge in [-0.2, -0.15) is 0 Å². The second kappa shape index (κ2) is 14.9. The zero-order valence-corrected chi connectivity index (χ0v) is 21.1. The number of rotatable bonds is 10. The van der Waals surface area contributed by atoms with Crippen molar-refractivity contribution in [1.82, 2.24) is 20.4 Å². The Morgan fingerprint density at radius 2 is 1.67 bits per heavy atom. The molecule has 1 fully saturated rings. The fourth-order valence-electron chi connectivity index (χ4n) is 3.24. The van der Waals surface area contributed by atoms with E-state index in [0.717, 1.165) is 19.0 Å². The van der Waals surface area contributed by atoms with Gasteiger partial charge in [0, 0.05) is 45.3 Å². The third-order valence-electron chi connectivity index (χ3n) is 5.12. The average molecular weight is 496 g/mol. The first-order valence-corrected chi connectivity index (χ1v) is 10.8. The van der Waals surface area contributed by atoms with Crippen LogP contribution in [0.4, 0.5) is 0 Å². The molecule has 1 rings (SSSR count). The highest BCUT2D eigenvalue weighted by atomic mass is 127. The predicted molar refractivity (Wildman–Crippen MR) is 130 cm³/mol. The Morgan fingerprint density at radius 3 is 2.22 bits per heavy atom. The molecule has 0 aromatic heterocycles.